The second-order valence-electron chi connectivity index (χ2n) is 3.42. The van der Waals surface area contributed by atoms with Crippen molar-refractivity contribution in [3.8, 4) is 5.69 Å². The van der Waals surface area contributed by atoms with E-state index in [1.165, 1.54) is 10.9 Å². The second kappa shape index (κ2) is 3.65. The minimum atomic E-state index is -0.598. The topological polar surface area (TPSA) is 75.0 Å². The Balaban J connectivity index is 2.47. The van der Waals surface area contributed by atoms with E-state index < -0.39 is 4.92 Å². The highest BCUT2D eigenvalue weighted by molar-refractivity contribution is 5.34. The first kappa shape index (κ1) is 10.2. The van der Waals surface area contributed by atoms with Gasteiger partial charge < -0.3 is 5.21 Å². The molecule has 6 heteroatoms. The van der Waals surface area contributed by atoms with Gasteiger partial charge in [0.15, 0.2) is 6.20 Å². The lowest BCUT2D eigenvalue weighted by atomic mass is 10.2. The van der Waals surface area contributed by atoms with Crippen LogP contribution in [0.4, 0.5) is 5.69 Å². The molecule has 82 valence electrons. The Morgan fingerprint density at radius 3 is 2.44 bits per heavy atom. The summed E-state index contributed by atoms with van der Waals surface area (Å²) in [6.45, 7) is 1.92. The van der Waals surface area contributed by atoms with E-state index in [9.17, 15) is 15.3 Å². The van der Waals surface area contributed by atoms with E-state index in [1.54, 1.807) is 12.1 Å². The van der Waals surface area contributed by atoms with Gasteiger partial charge in [0.05, 0.1) is 4.92 Å². The van der Waals surface area contributed by atoms with E-state index in [1.807, 2.05) is 19.1 Å². The van der Waals surface area contributed by atoms with Crippen LogP contribution in [-0.2, 0) is 0 Å². The zero-order valence-electron chi connectivity index (χ0n) is 8.53. The zero-order valence-corrected chi connectivity index (χ0v) is 8.53. The molecule has 0 aliphatic heterocycles. The van der Waals surface area contributed by atoms with Crippen molar-refractivity contribution >= 4 is 5.69 Å². The molecule has 16 heavy (non-hydrogen) atoms. The monoisotopic (exact) mass is 219 g/mol. The number of aromatic nitrogens is 2. The van der Waals surface area contributed by atoms with E-state index >= 15 is 0 Å². The number of rotatable bonds is 2. The molecule has 0 saturated heterocycles. The first-order valence-corrected chi connectivity index (χ1v) is 4.61. The summed E-state index contributed by atoms with van der Waals surface area (Å²) in [5.41, 5.74) is 1.42. The number of aryl methyl sites for hydroxylation is 1. The summed E-state index contributed by atoms with van der Waals surface area (Å²) in [4.78, 5) is 10.3. The van der Waals surface area contributed by atoms with Crippen molar-refractivity contribution in [1.29, 1.82) is 0 Å². The van der Waals surface area contributed by atoms with Gasteiger partial charge in [-0.2, -0.15) is 0 Å². The third kappa shape index (κ3) is 1.72. The highest BCUT2D eigenvalue weighted by Crippen LogP contribution is 2.12. The van der Waals surface area contributed by atoms with Crippen LogP contribution in [0.25, 0.3) is 5.69 Å². The lowest BCUT2D eigenvalue weighted by molar-refractivity contribution is -0.684. The first-order valence-electron chi connectivity index (χ1n) is 4.61. The number of hydrogen-bond donors (Lipinski definition) is 0. The van der Waals surface area contributed by atoms with E-state index in [2.05, 4.69) is 0 Å². The van der Waals surface area contributed by atoms with Crippen molar-refractivity contribution in [1.82, 2.24) is 4.68 Å². The average molecular weight is 219 g/mol. The molecule has 2 aromatic rings. The Hall–Kier alpha value is -2.37. The molecule has 1 aromatic carbocycles. The number of benzene rings is 1. The number of nitro groups is 1. The smallest absolute Gasteiger partial charge is 0.358 e. The second-order valence-corrected chi connectivity index (χ2v) is 3.42. The highest BCUT2D eigenvalue weighted by atomic mass is 16.6. The standard InChI is InChI=1S/C10H9N3O3/c1-8-2-4-9(5-3-8)11-6-10(13(15)16)7-12(11)14/h2-7H,1H3. The Labute approximate surface area is 91.1 Å². The largest absolute Gasteiger partial charge is 0.595 e. The van der Waals surface area contributed by atoms with Crippen molar-refractivity contribution in [3.05, 3.63) is 57.5 Å². The van der Waals surface area contributed by atoms with Crippen LogP contribution in [0.1, 0.15) is 5.56 Å². The van der Waals surface area contributed by atoms with Crippen molar-refractivity contribution in [2.45, 2.75) is 6.92 Å². The van der Waals surface area contributed by atoms with E-state index in [4.69, 9.17) is 0 Å². The van der Waals surface area contributed by atoms with Crippen LogP contribution in [0.3, 0.4) is 0 Å². The van der Waals surface area contributed by atoms with Gasteiger partial charge in [-0.3, -0.25) is 10.1 Å². The van der Waals surface area contributed by atoms with Crippen LogP contribution in [0.5, 0.6) is 0 Å². The Morgan fingerprint density at radius 1 is 1.31 bits per heavy atom. The quantitative estimate of drug-likeness (QED) is 0.331. The summed E-state index contributed by atoms with van der Waals surface area (Å²) < 4.78 is 1.18. The first-order chi connectivity index (χ1) is 7.58. The van der Waals surface area contributed by atoms with Gasteiger partial charge in [0.2, 0.25) is 0 Å². The van der Waals surface area contributed by atoms with Gasteiger partial charge >= 0.3 is 5.69 Å². The van der Waals surface area contributed by atoms with Crippen LogP contribution in [0.15, 0.2) is 36.7 Å². The molecule has 0 aliphatic carbocycles. The van der Waals surface area contributed by atoms with Crippen LogP contribution in [-0.4, -0.2) is 9.61 Å². The molecule has 0 atom stereocenters. The van der Waals surface area contributed by atoms with E-state index in [0.717, 1.165) is 11.8 Å². The van der Waals surface area contributed by atoms with E-state index in [0.29, 0.717) is 10.5 Å². The van der Waals surface area contributed by atoms with Crippen LogP contribution in [0.2, 0.25) is 0 Å². The SMILES string of the molecule is Cc1ccc(-n2cc([N+](=O)[O-])c[n+]2[O-])cc1. The summed E-state index contributed by atoms with van der Waals surface area (Å²) in [6, 6.07) is 7.13. The molecule has 0 bridgehead atoms. The minimum absolute atomic E-state index is 0.226. The fourth-order valence-electron chi connectivity index (χ4n) is 1.37. The molecule has 0 unspecified atom stereocenters. The molecule has 0 aliphatic rings. The predicted molar refractivity (Wildman–Crippen MR) is 56.1 cm³/mol. The predicted octanol–water partition coefficient (Wildman–Crippen LogP) is 1.33. The Kier molecular flexibility index (Phi) is 2.32. The Morgan fingerprint density at radius 2 is 1.94 bits per heavy atom. The van der Waals surface area contributed by atoms with Crippen molar-refractivity contribution in [2.75, 3.05) is 0 Å². The van der Waals surface area contributed by atoms with Crippen molar-refractivity contribution in [2.24, 2.45) is 0 Å². The molecule has 1 heterocycles. The van der Waals surface area contributed by atoms with Gasteiger partial charge in [-0.15, -0.1) is 4.68 Å². The molecule has 0 amide bonds. The third-order valence-corrected chi connectivity index (χ3v) is 2.22. The molecule has 2 rings (SSSR count). The summed E-state index contributed by atoms with van der Waals surface area (Å²) in [5, 5.41) is 21.9. The van der Waals surface area contributed by atoms with E-state index in [-0.39, 0.29) is 5.69 Å². The minimum Gasteiger partial charge on any atom is -0.595 e. The third-order valence-electron chi connectivity index (χ3n) is 2.22. The maximum absolute atomic E-state index is 11.4. The maximum atomic E-state index is 11.4. The van der Waals surface area contributed by atoms with Gasteiger partial charge in [-0.1, -0.05) is 22.5 Å². The average Bonchev–Trinajstić information content (AvgIpc) is 2.62. The molecule has 0 fully saturated rings. The summed E-state index contributed by atoms with van der Waals surface area (Å²) >= 11 is 0. The summed E-state index contributed by atoms with van der Waals surface area (Å²) in [6.07, 6.45) is 2.12. The van der Waals surface area contributed by atoms with Crippen molar-refractivity contribution < 1.29 is 9.77 Å². The van der Waals surface area contributed by atoms with Crippen LogP contribution < -0.4 is 4.85 Å². The number of hydrogen-bond acceptors (Lipinski definition) is 3. The fourth-order valence-corrected chi connectivity index (χ4v) is 1.37. The lowest BCUT2D eigenvalue weighted by Crippen LogP contribution is -2.34. The molecule has 1 aromatic heterocycles. The maximum Gasteiger partial charge on any atom is 0.358 e. The summed E-state index contributed by atoms with van der Waals surface area (Å²) in [7, 11) is 0. The Bertz CT molecular complexity index is 531. The number of nitrogens with zero attached hydrogens (tertiary/aromatic N) is 3. The van der Waals surface area contributed by atoms with Gasteiger partial charge in [0.25, 0.3) is 6.20 Å². The zero-order chi connectivity index (χ0) is 11.7. The molecular formula is C10H9N3O3. The van der Waals surface area contributed by atoms with Crippen LogP contribution >= 0.6 is 0 Å². The molecule has 6 nitrogen and oxygen atoms in total. The molecule has 0 N–H and O–H groups in total. The molecule has 0 saturated carbocycles. The highest BCUT2D eigenvalue weighted by Gasteiger charge is 2.18. The fraction of sp³-hybridized carbons (Fsp3) is 0.100. The van der Waals surface area contributed by atoms with Crippen molar-refractivity contribution in [3.63, 3.8) is 0 Å². The molecule has 0 spiro atoms. The molecule has 0 radical (unpaired) electrons. The van der Waals surface area contributed by atoms with Gasteiger partial charge in [0, 0.05) is 0 Å². The summed E-state index contributed by atoms with van der Waals surface area (Å²) in [5.74, 6) is 0. The van der Waals surface area contributed by atoms with Gasteiger partial charge in [-0.05, 0) is 19.1 Å². The van der Waals surface area contributed by atoms with Gasteiger partial charge in [0.1, 0.15) is 5.69 Å². The van der Waals surface area contributed by atoms with Gasteiger partial charge in [-0.25, -0.2) is 0 Å². The lowest BCUT2D eigenvalue weighted by Gasteiger charge is -2.01. The van der Waals surface area contributed by atoms with Crippen LogP contribution in [0, 0.1) is 22.2 Å². The normalized spacial score (nSPS) is 10.3. The molecular weight excluding hydrogens is 210 g/mol.